The van der Waals surface area contributed by atoms with Gasteiger partial charge < -0.3 is 0 Å². The lowest BCUT2D eigenvalue weighted by atomic mass is 9.78. The molecular formula is C19H25N3. The van der Waals surface area contributed by atoms with E-state index < -0.39 is 0 Å². The molecule has 3 heteroatoms. The molecule has 0 radical (unpaired) electrons. The minimum atomic E-state index is 0.650. The molecule has 0 amide bonds. The number of hydrogen-bond donors (Lipinski definition) is 0. The van der Waals surface area contributed by atoms with Crippen LogP contribution in [0.4, 0.5) is 0 Å². The van der Waals surface area contributed by atoms with Crippen molar-refractivity contribution in [2.75, 3.05) is 0 Å². The largest absolute Gasteiger partial charge is 0.275 e. The van der Waals surface area contributed by atoms with Gasteiger partial charge in [-0.15, -0.1) is 0 Å². The third-order valence-corrected chi connectivity index (χ3v) is 4.89. The van der Waals surface area contributed by atoms with Crippen LogP contribution < -0.4 is 0 Å². The Morgan fingerprint density at radius 1 is 1.32 bits per heavy atom. The predicted octanol–water partition coefficient (Wildman–Crippen LogP) is 4.48. The highest BCUT2D eigenvalue weighted by molar-refractivity contribution is 5.78. The molecule has 116 valence electrons. The SMILES string of the molecule is C=C(c1cnn(C)c1)c1cc(C2CCCC(C)C2)cnc1C. The van der Waals surface area contributed by atoms with Crippen LogP contribution in [0.3, 0.4) is 0 Å². The molecule has 2 unspecified atom stereocenters. The molecular weight excluding hydrogens is 270 g/mol. The standard InChI is InChI=1S/C19H25N3/c1-13-6-5-7-16(8-13)17-9-19(15(3)20-10-17)14(2)18-11-21-22(4)12-18/h9-13,16H,2,5-8H2,1,3-4H3. The number of rotatable bonds is 3. The first-order chi connectivity index (χ1) is 10.5. The molecule has 3 rings (SSSR count). The summed E-state index contributed by atoms with van der Waals surface area (Å²) in [6.07, 6.45) is 11.2. The Morgan fingerprint density at radius 3 is 2.82 bits per heavy atom. The Morgan fingerprint density at radius 2 is 2.14 bits per heavy atom. The van der Waals surface area contributed by atoms with Gasteiger partial charge in [0, 0.05) is 36.3 Å². The monoisotopic (exact) mass is 295 g/mol. The highest BCUT2D eigenvalue weighted by Crippen LogP contribution is 2.37. The zero-order chi connectivity index (χ0) is 15.7. The molecule has 1 saturated carbocycles. The molecule has 1 fully saturated rings. The molecule has 0 spiro atoms. The lowest BCUT2D eigenvalue weighted by Crippen LogP contribution is -2.12. The van der Waals surface area contributed by atoms with Crippen LogP contribution in [0.25, 0.3) is 5.57 Å². The molecule has 0 saturated heterocycles. The van der Waals surface area contributed by atoms with Crippen molar-refractivity contribution in [1.82, 2.24) is 14.8 Å². The molecule has 0 aliphatic heterocycles. The van der Waals surface area contributed by atoms with Crippen molar-refractivity contribution in [2.24, 2.45) is 13.0 Å². The van der Waals surface area contributed by atoms with Gasteiger partial charge >= 0.3 is 0 Å². The van der Waals surface area contributed by atoms with Gasteiger partial charge in [-0.3, -0.25) is 9.67 Å². The lowest BCUT2D eigenvalue weighted by molar-refractivity contribution is 0.343. The highest BCUT2D eigenvalue weighted by Gasteiger charge is 2.21. The molecule has 22 heavy (non-hydrogen) atoms. The number of aromatic nitrogens is 3. The van der Waals surface area contributed by atoms with Crippen LogP contribution in [-0.2, 0) is 7.05 Å². The van der Waals surface area contributed by atoms with Crippen LogP contribution in [-0.4, -0.2) is 14.8 Å². The van der Waals surface area contributed by atoms with E-state index in [2.05, 4.69) is 42.8 Å². The van der Waals surface area contributed by atoms with Gasteiger partial charge in [0.25, 0.3) is 0 Å². The summed E-state index contributed by atoms with van der Waals surface area (Å²) in [5.74, 6) is 1.47. The predicted molar refractivity (Wildman–Crippen MR) is 90.7 cm³/mol. The van der Waals surface area contributed by atoms with E-state index in [-0.39, 0.29) is 0 Å². The van der Waals surface area contributed by atoms with Crippen molar-refractivity contribution in [3.63, 3.8) is 0 Å². The lowest BCUT2D eigenvalue weighted by Gasteiger charge is -2.27. The van der Waals surface area contributed by atoms with Crippen molar-refractivity contribution in [3.8, 4) is 0 Å². The fourth-order valence-corrected chi connectivity index (χ4v) is 3.55. The van der Waals surface area contributed by atoms with Gasteiger partial charge in [-0.05, 0) is 48.8 Å². The van der Waals surface area contributed by atoms with Crippen LogP contribution >= 0.6 is 0 Å². The van der Waals surface area contributed by atoms with Crippen molar-refractivity contribution in [2.45, 2.75) is 45.4 Å². The summed E-state index contributed by atoms with van der Waals surface area (Å²) in [6, 6.07) is 2.31. The van der Waals surface area contributed by atoms with E-state index in [1.807, 2.05) is 24.1 Å². The second-order valence-corrected chi connectivity index (χ2v) is 6.75. The molecule has 2 heterocycles. The van der Waals surface area contributed by atoms with Crippen LogP contribution in [0.5, 0.6) is 0 Å². The zero-order valence-corrected chi connectivity index (χ0v) is 13.8. The van der Waals surface area contributed by atoms with Crippen LogP contribution in [0, 0.1) is 12.8 Å². The average molecular weight is 295 g/mol. The summed E-state index contributed by atoms with van der Waals surface area (Å²) in [4.78, 5) is 4.64. The minimum absolute atomic E-state index is 0.650. The van der Waals surface area contributed by atoms with Crippen LogP contribution in [0.2, 0.25) is 0 Å². The maximum atomic E-state index is 4.64. The topological polar surface area (TPSA) is 30.7 Å². The number of aryl methyl sites for hydroxylation is 2. The van der Waals surface area contributed by atoms with Gasteiger partial charge in [0.05, 0.1) is 6.20 Å². The smallest absolute Gasteiger partial charge is 0.0568 e. The second kappa shape index (κ2) is 6.07. The minimum Gasteiger partial charge on any atom is -0.275 e. The molecule has 0 N–H and O–H groups in total. The molecule has 3 nitrogen and oxygen atoms in total. The summed E-state index contributed by atoms with van der Waals surface area (Å²) >= 11 is 0. The van der Waals surface area contributed by atoms with Crippen molar-refractivity contribution < 1.29 is 0 Å². The Bertz CT molecular complexity index is 684. The molecule has 1 aliphatic rings. The van der Waals surface area contributed by atoms with Gasteiger partial charge in [-0.25, -0.2) is 0 Å². The average Bonchev–Trinajstić information content (AvgIpc) is 2.93. The van der Waals surface area contributed by atoms with Gasteiger partial charge in [-0.1, -0.05) is 26.3 Å². The fraction of sp³-hybridized carbons (Fsp3) is 0.474. The molecule has 2 atom stereocenters. The highest BCUT2D eigenvalue weighted by atomic mass is 15.2. The molecule has 0 bridgehead atoms. The normalized spacial score (nSPS) is 21.8. The number of pyridine rings is 1. The molecule has 2 aromatic heterocycles. The zero-order valence-electron chi connectivity index (χ0n) is 13.8. The molecule has 0 aromatic carbocycles. The van der Waals surface area contributed by atoms with Crippen LogP contribution in [0.15, 0.2) is 31.2 Å². The fourth-order valence-electron chi connectivity index (χ4n) is 3.55. The Balaban J connectivity index is 1.91. The number of nitrogens with zero attached hydrogens (tertiary/aromatic N) is 3. The van der Waals surface area contributed by atoms with Crippen molar-refractivity contribution >= 4 is 5.57 Å². The van der Waals surface area contributed by atoms with E-state index in [9.17, 15) is 0 Å². The van der Waals surface area contributed by atoms with Gasteiger partial charge in [0.15, 0.2) is 0 Å². The first-order valence-electron chi connectivity index (χ1n) is 8.19. The second-order valence-electron chi connectivity index (χ2n) is 6.75. The summed E-state index contributed by atoms with van der Waals surface area (Å²) in [7, 11) is 1.93. The van der Waals surface area contributed by atoms with Gasteiger partial charge in [-0.2, -0.15) is 5.10 Å². The summed E-state index contributed by atoms with van der Waals surface area (Å²) in [5, 5.41) is 4.25. The molecule has 2 aromatic rings. The first-order valence-corrected chi connectivity index (χ1v) is 8.19. The summed E-state index contributed by atoms with van der Waals surface area (Å²) < 4.78 is 1.82. The summed E-state index contributed by atoms with van der Waals surface area (Å²) in [5.41, 5.74) is 5.66. The third kappa shape index (κ3) is 2.99. The summed E-state index contributed by atoms with van der Waals surface area (Å²) in [6.45, 7) is 8.70. The van der Waals surface area contributed by atoms with Crippen molar-refractivity contribution in [3.05, 3.63) is 53.6 Å². The van der Waals surface area contributed by atoms with Gasteiger partial charge in [0.2, 0.25) is 0 Å². The van der Waals surface area contributed by atoms with E-state index in [0.29, 0.717) is 5.92 Å². The first kappa shape index (κ1) is 15.0. The van der Waals surface area contributed by atoms with Gasteiger partial charge in [0.1, 0.15) is 0 Å². The van der Waals surface area contributed by atoms with Crippen LogP contribution in [0.1, 0.15) is 60.9 Å². The quantitative estimate of drug-likeness (QED) is 0.836. The Labute approximate surface area is 133 Å². The van der Waals surface area contributed by atoms with E-state index in [0.717, 1.165) is 28.3 Å². The van der Waals surface area contributed by atoms with Crippen molar-refractivity contribution in [1.29, 1.82) is 0 Å². The Kier molecular flexibility index (Phi) is 4.14. The van der Waals surface area contributed by atoms with E-state index in [1.165, 1.54) is 31.2 Å². The number of hydrogen-bond acceptors (Lipinski definition) is 2. The van der Waals surface area contributed by atoms with E-state index in [4.69, 9.17) is 0 Å². The molecule has 1 aliphatic carbocycles. The third-order valence-electron chi connectivity index (χ3n) is 4.89. The maximum absolute atomic E-state index is 4.64. The Hall–Kier alpha value is -1.90. The van der Waals surface area contributed by atoms with E-state index >= 15 is 0 Å². The van der Waals surface area contributed by atoms with E-state index in [1.54, 1.807) is 0 Å². The maximum Gasteiger partial charge on any atom is 0.0568 e.